The van der Waals surface area contributed by atoms with Gasteiger partial charge in [0.1, 0.15) is 5.75 Å². The van der Waals surface area contributed by atoms with E-state index in [9.17, 15) is 4.79 Å². The Hall–Kier alpha value is -2.30. The lowest BCUT2D eigenvalue weighted by atomic mass is 10.1. The van der Waals surface area contributed by atoms with Crippen LogP contribution in [0.4, 0.5) is 0 Å². The van der Waals surface area contributed by atoms with E-state index in [2.05, 4.69) is 5.10 Å². The summed E-state index contributed by atoms with van der Waals surface area (Å²) < 4.78 is 11.9. The number of ether oxygens (including phenoxy) is 2. The van der Waals surface area contributed by atoms with Crippen molar-refractivity contribution >= 4 is 5.97 Å². The molecule has 0 amide bonds. The van der Waals surface area contributed by atoms with Gasteiger partial charge in [-0.1, -0.05) is 18.2 Å². The van der Waals surface area contributed by atoms with Crippen molar-refractivity contribution in [2.24, 2.45) is 7.05 Å². The minimum atomic E-state index is -0.457. The fourth-order valence-corrected chi connectivity index (χ4v) is 1.90. The first-order chi connectivity index (χ1) is 9.17. The highest BCUT2D eigenvalue weighted by atomic mass is 16.5. The van der Waals surface area contributed by atoms with E-state index >= 15 is 0 Å². The summed E-state index contributed by atoms with van der Waals surface area (Å²) in [6.07, 6.45) is 1.78. The summed E-state index contributed by atoms with van der Waals surface area (Å²) in [5.74, 6) is 0.269. The van der Waals surface area contributed by atoms with Crippen molar-refractivity contribution in [2.75, 3.05) is 13.7 Å². The molecule has 5 nitrogen and oxygen atoms in total. The van der Waals surface area contributed by atoms with Gasteiger partial charge < -0.3 is 9.47 Å². The molecule has 2 rings (SSSR count). The molecule has 2 aromatic rings. The molecule has 5 heteroatoms. The van der Waals surface area contributed by atoms with Crippen LogP contribution >= 0.6 is 0 Å². The number of carbonyl (C=O) groups is 1. The summed E-state index contributed by atoms with van der Waals surface area (Å²) >= 11 is 0. The number of methoxy groups -OCH3 is 1. The van der Waals surface area contributed by atoms with E-state index in [4.69, 9.17) is 9.47 Å². The van der Waals surface area contributed by atoms with Crippen LogP contribution in [0.1, 0.15) is 17.4 Å². The first-order valence-electron chi connectivity index (χ1n) is 6.01. The number of esters is 1. The Morgan fingerprint density at radius 2 is 2.05 bits per heavy atom. The Bertz CT molecular complexity index is 590. The van der Waals surface area contributed by atoms with Crippen molar-refractivity contribution in [3.05, 3.63) is 36.2 Å². The molecular weight excluding hydrogens is 244 g/mol. The Labute approximate surface area is 111 Å². The van der Waals surface area contributed by atoms with Crippen molar-refractivity contribution in [3.63, 3.8) is 0 Å². The second kappa shape index (κ2) is 5.56. The van der Waals surface area contributed by atoms with Crippen LogP contribution in [0, 0.1) is 0 Å². The molecule has 0 spiro atoms. The lowest BCUT2D eigenvalue weighted by molar-refractivity contribution is 0.0594. The Kier molecular flexibility index (Phi) is 3.85. The van der Waals surface area contributed by atoms with E-state index in [1.807, 2.05) is 31.2 Å². The zero-order valence-corrected chi connectivity index (χ0v) is 11.2. The number of aryl methyl sites for hydroxylation is 1. The third-order valence-electron chi connectivity index (χ3n) is 2.68. The van der Waals surface area contributed by atoms with Crippen LogP contribution in [-0.2, 0) is 11.8 Å². The normalized spacial score (nSPS) is 10.3. The summed E-state index contributed by atoms with van der Waals surface area (Å²) in [5.41, 5.74) is 1.83. The monoisotopic (exact) mass is 260 g/mol. The molecule has 0 saturated heterocycles. The van der Waals surface area contributed by atoms with Gasteiger partial charge in [0.2, 0.25) is 0 Å². The Balaban J connectivity index is 2.55. The molecule has 0 aliphatic rings. The minimum Gasteiger partial charge on any atom is -0.493 e. The molecule has 0 radical (unpaired) electrons. The molecule has 0 atom stereocenters. The zero-order valence-electron chi connectivity index (χ0n) is 11.2. The first-order valence-corrected chi connectivity index (χ1v) is 6.01. The van der Waals surface area contributed by atoms with Crippen LogP contribution in [0.15, 0.2) is 30.5 Å². The standard InChI is InChI=1S/C14H16N2O3/c1-4-19-12-8-6-5-7-10(12)11-9-16(2)15-13(11)14(17)18-3/h5-9H,4H2,1-3H3. The average Bonchev–Trinajstić information content (AvgIpc) is 2.81. The summed E-state index contributed by atoms with van der Waals surface area (Å²) in [5, 5.41) is 4.15. The molecule has 100 valence electrons. The fraction of sp³-hybridized carbons (Fsp3) is 0.286. The fourth-order valence-electron chi connectivity index (χ4n) is 1.90. The van der Waals surface area contributed by atoms with Crippen LogP contribution in [0.5, 0.6) is 5.75 Å². The third kappa shape index (κ3) is 2.59. The molecule has 1 heterocycles. The highest BCUT2D eigenvalue weighted by Crippen LogP contribution is 2.32. The molecule has 0 bridgehead atoms. The van der Waals surface area contributed by atoms with Crippen molar-refractivity contribution < 1.29 is 14.3 Å². The molecule has 0 saturated carbocycles. The highest BCUT2D eigenvalue weighted by Gasteiger charge is 2.20. The van der Waals surface area contributed by atoms with Gasteiger partial charge in [-0.05, 0) is 13.0 Å². The summed E-state index contributed by atoms with van der Waals surface area (Å²) in [7, 11) is 3.11. The SMILES string of the molecule is CCOc1ccccc1-c1cn(C)nc1C(=O)OC. The van der Waals surface area contributed by atoms with Gasteiger partial charge in [0.05, 0.1) is 13.7 Å². The van der Waals surface area contributed by atoms with Crippen LogP contribution in [-0.4, -0.2) is 29.5 Å². The number of rotatable bonds is 4. The van der Waals surface area contributed by atoms with Gasteiger partial charge >= 0.3 is 5.97 Å². The van der Waals surface area contributed by atoms with Gasteiger partial charge in [-0.3, -0.25) is 4.68 Å². The molecule has 19 heavy (non-hydrogen) atoms. The number of para-hydroxylation sites is 1. The number of hydrogen-bond donors (Lipinski definition) is 0. The smallest absolute Gasteiger partial charge is 0.359 e. The lowest BCUT2D eigenvalue weighted by Crippen LogP contribution is -2.05. The van der Waals surface area contributed by atoms with Gasteiger partial charge in [0.25, 0.3) is 0 Å². The topological polar surface area (TPSA) is 53.4 Å². The van der Waals surface area contributed by atoms with Gasteiger partial charge in [-0.15, -0.1) is 0 Å². The maximum absolute atomic E-state index is 11.8. The molecular formula is C14H16N2O3. The molecule has 0 aliphatic heterocycles. The highest BCUT2D eigenvalue weighted by molar-refractivity contribution is 5.96. The predicted molar refractivity (Wildman–Crippen MR) is 71.2 cm³/mol. The minimum absolute atomic E-state index is 0.289. The number of benzene rings is 1. The molecule has 0 fully saturated rings. The van der Waals surface area contributed by atoms with Gasteiger partial charge in [0, 0.05) is 24.4 Å². The zero-order chi connectivity index (χ0) is 13.8. The van der Waals surface area contributed by atoms with Gasteiger partial charge in [0.15, 0.2) is 5.69 Å². The van der Waals surface area contributed by atoms with Gasteiger partial charge in [-0.2, -0.15) is 5.10 Å². The number of carbonyl (C=O) groups excluding carboxylic acids is 1. The third-order valence-corrected chi connectivity index (χ3v) is 2.68. The van der Waals surface area contributed by atoms with E-state index in [1.165, 1.54) is 7.11 Å². The summed E-state index contributed by atoms with van der Waals surface area (Å²) in [4.78, 5) is 11.8. The predicted octanol–water partition coefficient (Wildman–Crippen LogP) is 2.27. The maximum Gasteiger partial charge on any atom is 0.359 e. The Morgan fingerprint density at radius 1 is 1.32 bits per heavy atom. The Morgan fingerprint density at radius 3 is 2.74 bits per heavy atom. The number of aromatic nitrogens is 2. The average molecular weight is 260 g/mol. The van der Waals surface area contributed by atoms with Crippen LogP contribution in [0.25, 0.3) is 11.1 Å². The number of nitrogens with zero attached hydrogens (tertiary/aromatic N) is 2. The van der Waals surface area contributed by atoms with Crippen LogP contribution in [0.2, 0.25) is 0 Å². The van der Waals surface area contributed by atoms with E-state index in [0.29, 0.717) is 12.2 Å². The quantitative estimate of drug-likeness (QED) is 0.791. The van der Waals surface area contributed by atoms with E-state index < -0.39 is 5.97 Å². The summed E-state index contributed by atoms with van der Waals surface area (Å²) in [6.45, 7) is 2.48. The first kappa shape index (κ1) is 13.1. The number of hydrogen-bond acceptors (Lipinski definition) is 4. The van der Waals surface area contributed by atoms with Crippen molar-refractivity contribution in [1.82, 2.24) is 9.78 Å². The van der Waals surface area contributed by atoms with Crippen molar-refractivity contribution in [3.8, 4) is 16.9 Å². The van der Waals surface area contributed by atoms with Crippen LogP contribution < -0.4 is 4.74 Å². The maximum atomic E-state index is 11.8. The molecule has 1 aromatic carbocycles. The second-order valence-corrected chi connectivity index (χ2v) is 3.99. The molecule has 0 unspecified atom stereocenters. The molecule has 1 aromatic heterocycles. The summed E-state index contributed by atoms with van der Waals surface area (Å²) in [6, 6.07) is 7.55. The largest absolute Gasteiger partial charge is 0.493 e. The van der Waals surface area contributed by atoms with Crippen LogP contribution in [0.3, 0.4) is 0 Å². The van der Waals surface area contributed by atoms with E-state index in [0.717, 1.165) is 11.3 Å². The second-order valence-electron chi connectivity index (χ2n) is 3.99. The van der Waals surface area contributed by atoms with E-state index in [1.54, 1.807) is 17.9 Å². The van der Waals surface area contributed by atoms with Crippen molar-refractivity contribution in [1.29, 1.82) is 0 Å². The molecule has 0 aliphatic carbocycles. The van der Waals surface area contributed by atoms with Gasteiger partial charge in [-0.25, -0.2) is 4.79 Å². The molecule has 0 N–H and O–H groups in total. The van der Waals surface area contributed by atoms with Crippen molar-refractivity contribution in [2.45, 2.75) is 6.92 Å². The van der Waals surface area contributed by atoms with E-state index in [-0.39, 0.29) is 5.69 Å². The lowest BCUT2D eigenvalue weighted by Gasteiger charge is -2.09.